The number of rotatable bonds is 3. The largest absolute Gasteiger partial charge is 0.510 e. The molecule has 5 heteroatoms. The first kappa shape index (κ1) is 15.6. The van der Waals surface area contributed by atoms with Gasteiger partial charge in [-0.15, -0.1) is 11.3 Å². The van der Waals surface area contributed by atoms with Crippen molar-refractivity contribution in [3.63, 3.8) is 0 Å². The smallest absolute Gasteiger partial charge is 0.139 e. The number of thiazole rings is 1. The summed E-state index contributed by atoms with van der Waals surface area (Å²) in [6, 6.07) is 19.7. The van der Waals surface area contributed by atoms with Crippen molar-refractivity contribution >= 4 is 28.4 Å². The fourth-order valence-corrected chi connectivity index (χ4v) is 4.00. The van der Waals surface area contributed by atoms with Gasteiger partial charge < -0.3 is 10.0 Å². The van der Waals surface area contributed by atoms with Crippen LogP contribution in [0.2, 0.25) is 0 Å². The molecule has 0 amide bonds. The Hall–Kier alpha value is -2.92. The van der Waals surface area contributed by atoms with Gasteiger partial charge in [-0.05, 0) is 19.1 Å². The zero-order chi connectivity index (χ0) is 17.4. The van der Waals surface area contributed by atoms with E-state index in [1.807, 2.05) is 67.6 Å². The molecule has 3 aromatic rings. The normalized spacial score (nSPS) is 14.4. The Morgan fingerprint density at radius 3 is 2.36 bits per heavy atom. The number of aliphatic hydroxyl groups excluding tert-OH is 1. The summed E-state index contributed by atoms with van der Waals surface area (Å²) in [5.74, 6) is 0.485. The van der Waals surface area contributed by atoms with Crippen molar-refractivity contribution in [2.24, 2.45) is 0 Å². The second-order valence-corrected chi connectivity index (χ2v) is 7.09. The van der Waals surface area contributed by atoms with E-state index in [0.717, 1.165) is 21.8 Å². The lowest BCUT2D eigenvalue weighted by atomic mass is 10.1. The van der Waals surface area contributed by atoms with Gasteiger partial charge in [-0.2, -0.15) is 0 Å². The van der Waals surface area contributed by atoms with Crippen molar-refractivity contribution in [3.05, 3.63) is 76.3 Å². The van der Waals surface area contributed by atoms with Crippen molar-refractivity contribution in [1.29, 1.82) is 5.41 Å². The molecule has 0 fully saturated rings. The molecule has 0 bridgehead atoms. The predicted molar refractivity (Wildman–Crippen MR) is 103 cm³/mol. The Morgan fingerprint density at radius 1 is 1.04 bits per heavy atom. The number of nitrogens with zero attached hydrogens (tertiary/aromatic N) is 2. The molecule has 1 aliphatic heterocycles. The third kappa shape index (κ3) is 2.72. The van der Waals surface area contributed by atoms with E-state index in [1.165, 1.54) is 11.3 Å². The van der Waals surface area contributed by atoms with Crippen LogP contribution in [0.15, 0.2) is 66.4 Å². The summed E-state index contributed by atoms with van der Waals surface area (Å²) in [7, 11) is 0. The Bertz CT molecular complexity index is 961. The average Bonchev–Trinajstić information content (AvgIpc) is 3.16. The van der Waals surface area contributed by atoms with E-state index in [-0.39, 0.29) is 11.6 Å². The molecule has 1 aromatic heterocycles. The molecule has 0 aliphatic carbocycles. The number of benzene rings is 2. The topological polar surface area (TPSA) is 60.2 Å². The summed E-state index contributed by atoms with van der Waals surface area (Å²) in [6.45, 7) is 2.33. The first-order chi connectivity index (χ1) is 12.1. The lowest BCUT2D eigenvalue weighted by molar-refractivity contribution is 0.411. The zero-order valence-corrected chi connectivity index (χ0v) is 14.5. The number of aromatic nitrogens is 1. The van der Waals surface area contributed by atoms with Crippen LogP contribution in [0.25, 0.3) is 16.8 Å². The zero-order valence-electron chi connectivity index (χ0n) is 13.7. The van der Waals surface area contributed by atoms with Gasteiger partial charge in [0.25, 0.3) is 0 Å². The standard InChI is InChI=1S/C20H17N3OS/c1-13-18(14-8-4-2-5-9-14)22-20(25-13)17-16(24)12-23(19(17)21)15-10-6-3-7-11-15/h2-11,21,24H,12H2,1H3. The van der Waals surface area contributed by atoms with Crippen LogP contribution in [0, 0.1) is 12.3 Å². The molecule has 0 saturated carbocycles. The summed E-state index contributed by atoms with van der Waals surface area (Å²) in [4.78, 5) is 7.60. The van der Waals surface area contributed by atoms with E-state index in [2.05, 4.69) is 0 Å². The Kier molecular flexibility index (Phi) is 3.86. The van der Waals surface area contributed by atoms with Crippen LogP contribution in [0.5, 0.6) is 0 Å². The van der Waals surface area contributed by atoms with Crippen LogP contribution in [0.4, 0.5) is 5.69 Å². The third-order valence-corrected chi connectivity index (χ3v) is 5.22. The summed E-state index contributed by atoms with van der Waals surface area (Å²) >= 11 is 1.51. The summed E-state index contributed by atoms with van der Waals surface area (Å²) in [5, 5.41) is 19.7. The fourth-order valence-electron chi connectivity index (χ4n) is 3.00. The van der Waals surface area contributed by atoms with Gasteiger partial charge in [0.15, 0.2) is 0 Å². The van der Waals surface area contributed by atoms with Gasteiger partial charge in [0.1, 0.15) is 16.6 Å². The highest BCUT2D eigenvalue weighted by molar-refractivity contribution is 7.13. The molecule has 0 saturated heterocycles. The maximum absolute atomic E-state index is 10.5. The quantitative estimate of drug-likeness (QED) is 0.709. The van der Waals surface area contributed by atoms with Crippen LogP contribution in [-0.2, 0) is 0 Å². The SMILES string of the molecule is Cc1sc(C2=C(O)CN(c3ccccc3)C2=N)nc1-c1ccccc1. The minimum Gasteiger partial charge on any atom is -0.510 e. The van der Waals surface area contributed by atoms with Gasteiger partial charge in [-0.3, -0.25) is 5.41 Å². The molecule has 4 rings (SSSR count). The van der Waals surface area contributed by atoms with Crippen LogP contribution < -0.4 is 4.90 Å². The highest BCUT2D eigenvalue weighted by Crippen LogP contribution is 2.36. The maximum atomic E-state index is 10.5. The summed E-state index contributed by atoms with van der Waals surface area (Å²) in [6.07, 6.45) is 0. The Labute approximate surface area is 150 Å². The number of aliphatic hydroxyl groups is 1. The molecule has 25 heavy (non-hydrogen) atoms. The first-order valence-corrected chi connectivity index (χ1v) is 8.83. The second-order valence-electron chi connectivity index (χ2n) is 5.88. The number of amidine groups is 1. The van der Waals surface area contributed by atoms with Crippen molar-refractivity contribution in [1.82, 2.24) is 4.98 Å². The molecule has 4 nitrogen and oxygen atoms in total. The van der Waals surface area contributed by atoms with Crippen molar-refractivity contribution in [2.75, 3.05) is 11.4 Å². The van der Waals surface area contributed by atoms with Crippen molar-refractivity contribution in [3.8, 4) is 11.3 Å². The molecule has 124 valence electrons. The lowest BCUT2D eigenvalue weighted by Gasteiger charge is -2.18. The minimum absolute atomic E-state index is 0.196. The van der Waals surface area contributed by atoms with Gasteiger partial charge in [0.2, 0.25) is 0 Å². The number of hydrogen-bond donors (Lipinski definition) is 2. The van der Waals surface area contributed by atoms with Crippen LogP contribution >= 0.6 is 11.3 Å². The monoisotopic (exact) mass is 347 g/mol. The van der Waals surface area contributed by atoms with Crippen LogP contribution in [0.1, 0.15) is 9.88 Å². The molecule has 2 N–H and O–H groups in total. The average molecular weight is 347 g/mol. The van der Waals surface area contributed by atoms with Gasteiger partial charge in [0.05, 0.1) is 17.8 Å². The predicted octanol–water partition coefficient (Wildman–Crippen LogP) is 4.89. The Balaban J connectivity index is 1.71. The molecule has 0 radical (unpaired) electrons. The molecule has 0 spiro atoms. The molecule has 2 heterocycles. The van der Waals surface area contributed by atoms with Gasteiger partial charge in [-0.25, -0.2) is 4.98 Å². The summed E-state index contributed by atoms with van der Waals surface area (Å²) in [5.41, 5.74) is 3.38. The van der Waals surface area contributed by atoms with Gasteiger partial charge in [0, 0.05) is 16.1 Å². The fraction of sp³-hybridized carbons (Fsp3) is 0.100. The van der Waals surface area contributed by atoms with Crippen molar-refractivity contribution in [2.45, 2.75) is 6.92 Å². The van der Waals surface area contributed by atoms with E-state index in [4.69, 9.17) is 10.4 Å². The second kappa shape index (κ2) is 6.18. The first-order valence-electron chi connectivity index (χ1n) is 8.02. The highest BCUT2D eigenvalue weighted by Gasteiger charge is 2.31. The molecule has 0 atom stereocenters. The molecule has 1 aliphatic rings. The lowest BCUT2D eigenvalue weighted by Crippen LogP contribution is -2.25. The molecular weight excluding hydrogens is 330 g/mol. The van der Waals surface area contributed by atoms with E-state index >= 15 is 0 Å². The van der Waals surface area contributed by atoms with Gasteiger partial charge >= 0.3 is 0 Å². The van der Waals surface area contributed by atoms with E-state index < -0.39 is 0 Å². The van der Waals surface area contributed by atoms with E-state index in [1.54, 1.807) is 4.90 Å². The minimum atomic E-state index is 0.196. The number of nitrogens with one attached hydrogen (secondary N) is 1. The Morgan fingerprint density at radius 2 is 1.68 bits per heavy atom. The number of para-hydroxylation sites is 1. The number of anilines is 1. The number of aryl methyl sites for hydroxylation is 1. The van der Waals surface area contributed by atoms with Crippen molar-refractivity contribution < 1.29 is 5.11 Å². The van der Waals surface area contributed by atoms with Crippen LogP contribution in [0.3, 0.4) is 0 Å². The van der Waals surface area contributed by atoms with E-state index in [0.29, 0.717) is 17.1 Å². The molecule has 0 unspecified atom stereocenters. The molecular formula is C20H17N3OS. The van der Waals surface area contributed by atoms with E-state index in [9.17, 15) is 5.11 Å². The van der Waals surface area contributed by atoms with Gasteiger partial charge in [-0.1, -0.05) is 48.5 Å². The summed E-state index contributed by atoms with van der Waals surface area (Å²) < 4.78 is 0. The third-order valence-electron chi connectivity index (χ3n) is 4.23. The highest BCUT2D eigenvalue weighted by atomic mass is 32.1. The molecule has 2 aromatic carbocycles. The number of hydrogen-bond acceptors (Lipinski definition) is 4. The maximum Gasteiger partial charge on any atom is 0.139 e. The van der Waals surface area contributed by atoms with Crippen LogP contribution in [-0.4, -0.2) is 22.5 Å².